The lowest BCUT2D eigenvalue weighted by atomic mass is 10.2. The summed E-state index contributed by atoms with van der Waals surface area (Å²) in [7, 11) is 0. The van der Waals surface area contributed by atoms with Gasteiger partial charge in [-0.1, -0.05) is 6.92 Å². The molecule has 1 atom stereocenters. The molecule has 1 aromatic heterocycles. The van der Waals surface area contributed by atoms with Gasteiger partial charge in [0.05, 0.1) is 10.7 Å². The molecule has 0 saturated carbocycles. The molecule has 0 radical (unpaired) electrons. The summed E-state index contributed by atoms with van der Waals surface area (Å²) in [6, 6.07) is -0.841. The van der Waals surface area contributed by atoms with Gasteiger partial charge in [-0.15, -0.1) is 11.3 Å². The van der Waals surface area contributed by atoms with Crippen LogP contribution < -0.4 is 5.73 Å². The Morgan fingerprint density at radius 2 is 2.50 bits per heavy atom. The fourth-order valence-electron chi connectivity index (χ4n) is 1.08. The van der Waals surface area contributed by atoms with Crippen LogP contribution in [0.1, 0.15) is 24.0 Å². The fourth-order valence-corrected chi connectivity index (χ4v) is 2.00. The van der Waals surface area contributed by atoms with Crippen LogP contribution >= 0.6 is 11.3 Å². The van der Waals surface area contributed by atoms with Crippen molar-refractivity contribution < 1.29 is 9.90 Å². The Morgan fingerprint density at radius 3 is 3.07 bits per heavy atom. The first-order valence-corrected chi connectivity index (χ1v) is 5.43. The number of aromatic nitrogens is 1. The monoisotopic (exact) mass is 214 g/mol. The lowest BCUT2D eigenvalue weighted by Crippen LogP contribution is -2.32. The lowest BCUT2D eigenvalue weighted by molar-refractivity contribution is -0.138. The van der Waals surface area contributed by atoms with Gasteiger partial charge in [-0.05, 0) is 12.8 Å². The maximum atomic E-state index is 10.5. The van der Waals surface area contributed by atoms with Crippen LogP contribution in [0.2, 0.25) is 0 Å². The summed E-state index contributed by atoms with van der Waals surface area (Å²) in [4.78, 5) is 14.8. The van der Waals surface area contributed by atoms with Gasteiger partial charge < -0.3 is 10.8 Å². The van der Waals surface area contributed by atoms with Gasteiger partial charge >= 0.3 is 5.97 Å². The van der Waals surface area contributed by atoms with Crippen molar-refractivity contribution in [2.24, 2.45) is 5.73 Å². The van der Waals surface area contributed by atoms with Gasteiger partial charge in [0.25, 0.3) is 0 Å². The Morgan fingerprint density at radius 1 is 1.79 bits per heavy atom. The zero-order valence-corrected chi connectivity index (χ0v) is 8.88. The van der Waals surface area contributed by atoms with Gasteiger partial charge in [-0.3, -0.25) is 4.79 Å². The Bertz CT molecular complexity index is 312. The molecule has 1 heterocycles. The second-order valence-electron chi connectivity index (χ2n) is 3.13. The van der Waals surface area contributed by atoms with Crippen LogP contribution in [0.15, 0.2) is 5.38 Å². The average molecular weight is 214 g/mol. The third-order valence-electron chi connectivity index (χ3n) is 1.81. The molecule has 5 heteroatoms. The highest BCUT2D eigenvalue weighted by Gasteiger charge is 2.13. The van der Waals surface area contributed by atoms with Gasteiger partial charge in [-0.2, -0.15) is 0 Å². The zero-order valence-electron chi connectivity index (χ0n) is 8.06. The molecule has 78 valence electrons. The standard InChI is InChI=1S/C9H14N2O2S/c1-2-3-8-11-6(5-14-8)4-7(10)9(12)13/h5,7H,2-4,10H2,1H3,(H,12,13). The minimum atomic E-state index is -0.977. The van der Waals surface area contributed by atoms with Crippen molar-refractivity contribution in [1.29, 1.82) is 0 Å². The van der Waals surface area contributed by atoms with Crippen LogP contribution in [0.5, 0.6) is 0 Å². The molecular formula is C9H14N2O2S. The second-order valence-corrected chi connectivity index (χ2v) is 4.07. The smallest absolute Gasteiger partial charge is 0.320 e. The molecule has 1 rings (SSSR count). The van der Waals surface area contributed by atoms with Crippen molar-refractivity contribution in [3.63, 3.8) is 0 Å². The van der Waals surface area contributed by atoms with Crippen LogP contribution in [-0.4, -0.2) is 22.1 Å². The number of aryl methyl sites for hydroxylation is 1. The predicted octanol–water partition coefficient (Wildman–Crippen LogP) is 1.05. The summed E-state index contributed by atoms with van der Waals surface area (Å²) in [6.45, 7) is 2.09. The molecule has 3 N–H and O–H groups in total. The Balaban J connectivity index is 2.55. The molecule has 1 unspecified atom stereocenters. The fraction of sp³-hybridized carbons (Fsp3) is 0.556. The van der Waals surface area contributed by atoms with Gasteiger partial charge in [-0.25, -0.2) is 4.98 Å². The molecule has 0 aliphatic rings. The molecule has 1 aromatic rings. The van der Waals surface area contributed by atoms with Crippen LogP contribution in [0.25, 0.3) is 0 Å². The molecule has 0 aliphatic heterocycles. The second kappa shape index (κ2) is 5.07. The van der Waals surface area contributed by atoms with E-state index in [0.29, 0.717) is 6.42 Å². The minimum absolute atomic E-state index is 0.315. The van der Waals surface area contributed by atoms with Gasteiger partial charge in [0, 0.05) is 11.8 Å². The summed E-state index contributed by atoms with van der Waals surface area (Å²) >= 11 is 1.57. The van der Waals surface area contributed by atoms with Gasteiger partial charge in [0.1, 0.15) is 6.04 Å². The normalized spacial score (nSPS) is 12.7. The van der Waals surface area contributed by atoms with E-state index in [-0.39, 0.29) is 0 Å². The van der Waals surface area contributed by atoms with Crippen LogP contribution in [0, 0.1) is 0 Å². The largest absolute Gasteiger partial charge is 0.480 e. The summed E-state index contributed by atoms with van der Waals surface area (Å²) in [6.07, 6.45) is 2.32. The highest BCUT2D eigenvalue weighted by molar-refractivity contribution is 7.09. The van der Waals surface area contributed by atoms with Gasteiger partial charge in [0.2, 0.25) is 0 Å². The number of carboxylic acid groups (broad SMARTS) is 1. The molecule has 0 aromatic carbocycles. The Hall–Kier alpha value is -0.940. The number of hydrogen-bond acceptors (Lipinski definition) is 4. The van der Waals surface area contributed by atoms with E-state index in [1.807, 2.05) is 5.38 Å². The molecule has 0 amide bonds. The van der Waals surface area contributed by atoms with E-state index in [2.05, 4.69) is 11.9 Å². The van der Waals surface area contributed by atoms with Crippen molar-refractivity contribution in [2.75, 3.05) is 0 Å². The number of nitrogens with two attached hydrogens (primary N) is 1. The van der Waals surface area contributed by atoms with Crippen molar-refractivity contribution in [2.45, 2.75) is 32.2 Å². The Kier molecular flexibility index (Phi) is 4.03. The third kappa shape index (κ3) is 3.08. The van der Waals surface area contributed by atoms with Crippen molar-refractivity contribution in [1.82, 2.24) is 4.98 Å². The Labute approximate surface area is 86.8 Å². The van der Waals surface area contributed by atoms with Crippen LogP contribution in [0.3, 0.4) is 0 Å². The van der Waals surface area contributed by atoms with Gasteiger partial charge in [0.15, 0.2) is 0 Å². The van der Waals surface area contributed by atoms with E-state index in [9.17, 15) is 4.79 Å². The number of rotatable bonds is 5. The minimum Gasteiger partial charge on any atom is -0.480 e. The number of aliphatic carboxylic acids is 1. The summed E-state index contributed by atoms with van der Waals surface area (Å²) in [5.74, 6) is -0.977. The van der Waals surface area contributed by atoms with E-state index in [4.69, 9.17) is 10.8 Å². The first-order chi connectivity index (χ1) is 6.63. The summed E-state index contributed by atoms with van der Waals surface area (Å²) in [5.41, 5.74) is 6.18. The predicted molar refractivity (Wildman–Crippen MR) is 55.4 cm³/mol. The van der Waals surface area contributed by atoms with E-state index in [1.54, 1.807) is 11.3 Å². The molecule has 0 bridgehead atoms. The van der Waals surface area contributed by atoms with Crippen LogP contribution in [0.4, 0.5) is 0 Å². The molecule has 14 heavy (non-hydrogen) atoms. The molecule has 0 saturated heterocycles. The number of carbonyl (C=O) groups is 1. The average Bonchev–Trinajstić information content (AvgIpc) is 2.53. The third-order valence-corrected chi connectivity index (χ3v) is 2.77. The SMILES string of the molecule is CCCc1nc(CC(N)C(=O)O)cs1. The number of hydrogen-bond donors (Lipinski definition) is 2. The first kappa shape index (κ1) is 11.1. The topological polar surface area (TPSA) is 76.2 Å². The molecule has 0 spiro atoms. The maximum absolute atomic E-state index is 10.5. The van der Waals surface area contributed by atoms with E-state index in [0.717, 1.165) is 23.5 Å². The van der Waals surface area contributed by atoms with E-state index >= 15 is 0 Å². The maximum Gasteiger partial charge on any atom is 0.320 e. The summed E-state index contributed by atoms with van der Waals surface area (Å²) < 4.78 is 0. The van der Waals surface area contributed by atoms with E-state index in [1.165, 1.54) is 0 Å². The molecular weight excluding hydrogens is 200 g/mol. The quantitative estimate of drug-likeness (QED) is 0.768. The highest BCUT2D eigenvalue weighted by atomic mass is 32.1. The lowest BCUT2D eigenvalue weighted by Gasteiger charge is -2.02. The van der Waals surface area contributed by atoms with Crippen molar-refractivity contribution >= 4 is 17.3 Å². The van der Waals surface area contributed by atoms with Crippen molar-refractivity contribution in [3.8, 4) is 0 Å². The highest BCUT2D eigenvalue weighted by Crippen LogP contribution is 2.12. The molecule has 0 fully saturated rings. The van der Waals surface area contributed by atoms with Crippen molar-refractivity contribution in [3.05, 3.63) is 16.1 Å². The number of carboxylic acids is 1. The molecule has 4 nitrogen and oxygen atoms in total. The van der Waals surface area contributed by atoms with E-state index < -0.39 is 12.0 Å². The van der Waals surface area contributed by atoms with Crippen LogP contribution in [-0.2, 0) is 17.6 Å². The molecule has 0 aliphatic carbocycles. The number of nitrogens with zero attached hydrogens (tertiary/aromatic N) is 1. The summed E-state index contributed by atoms with van der Waals surface area (Å²) in [5, 5.41) is 11.5. The number of thiazole rings is 1. The first-order valence-electron chi connectivity index (χ1n) is 4.55. The zero-order chi connectivity index (χ0) is 10.6.